The largest absolute Gasteiger partial charge is 0.391 e. The van der Waals surface area contributed by atoms with E-state index in [0.717, 1.165) is 36.6 Å². The first-order valence-electron chi connectivity index (χ1n) is 13.8. The molecule has 41 heavy (non-hydrogen) atoms. The molecule has 0 aromatic heterocycles. The van der Waals surface area contributed by atoms with Crippen molar-refractivity contribution in [2.45, 2.75) is 45.8 Å². The number of rotatable bonds is 14. The molecule has 1 unspecified atom stereocenters. The Hall–Kier alpha value is -3.87. The van der Waals surface area contributed by atoms with E-state index in [-0.39, 0.29) is 36.6 Å². The van der Waals surface area contributed by atoms with Gasteiger partial charge in [-0.15, -0.1) is 6.42 Å². The Labute approximate surface area is 240 Å². The van der Waals surface area contributed by atoms with Gasteiger partial charge in [-0.1, -0.05) is 38.0 Å². The fraction of sp³-hybridized carbons (Fsp3) is 0.406. The summed E-state index contributed by atoms with van der Waals surface area (Å²) in [5.74, 6) is -1.03. The molecule has 0 aliphatic carbocycles. The number of dihydropyridines is 1. The van der Waals surface area contributed by atoms with Crippen LogP contribution >= 0.6 is 0 Å². The van der Waals surface area contributed by atoms with Gasteiger partial charge in [-0.3, -0.25) is 14.6 Å². The van der Waals surface area contributed by atoms with E-state index in [1.807, 2.05) is 32.0 Å². The lowest BCUT2D eigenvalue weighted by molar-refractivity contribution is -0.130. The number of hydrogen-bond acceptors (Lipinski definition) is 5. The van der Waals surface area contributed by atoms with E-state index in [2.05, 4.69) is 16.2 Å². The number of terminal acetylenes is 1. The second kappa shape index (κ2) is 14.7. The summed E-state index contributed by atoms with van der Waals surface area (Å²) < 4.78 is 28.2. The van der Waals surface area contributed by atoms with E-state index in [1.165, 1.54) is 12.3 Å². The standard InChI is InChI=1S/C32H38F2N4O3/c1-4-10-38(11-5-2)30(40)25-17-32(31(35)41,21-37-19-25)28(15-24-13-26(33)16-27(34)14-24)29(39)20-36-18-23-9-7-8-22(6-3)12-23/h3,7-9,12-14,16-17,19,28-29,36,39H,4-5,10-11,15,18,20-21H2,1-2H3,(H2,35,41)/t28-,29+,32?/m1/s1. The normalized spacial score (nSPS) is 17.8. The maximum atomic E-state index is 14.1. The Bertz CT molecular complexity index is 1310. The number of carbonyl (C=O) groups is 2. The van der Waals surface area contributed by atoms with Gasteiger partial charge in [-0.05, 0) is 54.7 Å². The average molecular weight is 565 g/mol. The third-order valence-electron chi connectivity index (χ3n) is 7.26. The molecule has 0 saturated heterocycles. The molecule has 0 fully saturated rings. The maximum absolute atomic E-state index is 14.1. The molecule has 2 aromatic rings. The SMILES string of the molecule is C#Cc1cccc(CNC[C@H](O)[C@@H](Cc2cc(F)cc(F)c2)C2(C(N)=O)C=C(C(=O)N(CCC)CCC)C=NC2)c1. The lowest BCUT2D eigenvalue weighted by atomic mass is 9.67. The zero-order chi connectivity index (χ0) is 30.0. The van der Waals surface area contributed by atoms with E-state index in [1.54, 1.807) is 11.0 Å². The van der Waals surface area contributed by atoms with Crippen LogP contribution in [-0.2, 0) is 22.6 Å². The number of aliphatic imine (C=N–C) groups is 1. The summed E-state index contributed by atoms with van der Waals surface area (Å²) in [6, 6.07) is 10.4. The fourth-order valence-electron chi connectivity index (χ4n) is 5.29. The summed E-state index contributed by atoms with van der Waals surface area (Å²) in [6.45, 7) is 5.27. The molecule has 2 amide bonds. The van der Waals surface area contributed by atoms with Gasteiger partial charge >= 0.3 is 0 Å². The van der Waals surface area contributed by atoms with Crippen LogP contribution in [-0.4, -0.2) is 60.3 Å². The molecule has 2 aromatic carbocycles. The van der Waals surface area contributed by atoms with Gasteiger partial charge in [0.15, 0.2) is 0 Å². The second-order valence-electron chi connectivity index (χ2n) is 10.4. The molecule has 0 radical (unpaired) electrons. The van der Waals surface area contributed by atoms with Crippen molar-refractivity contribution in [3.05, 3.63) is 82.4 Å². The third kappa shape index (κ3) is 8.09. The van der Waals surface area contributed by atoms with Crippen molar-refractivity contribution in [3.8, 4) is 12.3 Å². The van der Waals surface area contributed by atoms with Gasteiger partial charge in [0.25, 0.3) is 5.91 Å². The van der Waals surface area contributed by atoms with Crippen LogP contribution in [0.1, 0.15) is 43.4 Å². The molecule has 0 bridgehead atoms. The quantitative estimate of drug-likeness (QED) is 0.306. The molecule has 1 heterocycles. The highest BCUT2D eigenvalue weighted by Crippen LogP contribution is 2.38. The monoisotopic (exact) mass is 564 g/mol. The average Bonchev–Trinajstić information content (AvgIpc) is 2.95. The lowest BCUT2D eigenvalue weighted by Crippen LogP contribution is -2.53. The van der Waals surface area contributed by atoms with Gasteiger partial charge in [0.05, 0.1) is 23.6 Å². The Morgan fingerprint density at radius 2 is 1.83 bits per heavy atom. The Balaban J connectivity index is 1.97. The molecule has 218 valence electrons. The number of halogens is 2. The molecule has 0 saturated carbocycles. The van der Waals surface area contributed by atoms with Gasteiger partial charge in [-0.2, -0.15) is 0 Å². The van der Waals surface area contributed by atoms with Crippen LogP contribution in [0.4, 0.5) is 8.78 Å². The number of nitrogens with two attached hydrogens (primary N) is 1. The number of amides is 2. The van der Waals surface area contributed by atoms with Crippen molar-refractivity contribution in [2.24, 2.45) is 22.1 Å². The van der Waals surface area contributed by atoms with Crippen LogP contribution in [0.25, 0.3) is 0 Å². The van der Waals surface area contributed by atoms with Gasteiger partial charge in [0, 0.05) is 49.9 Å². The molecular weight excluding hydrogens is 526 g/mol. The molecule has 3 atom stereocenters. The van der Waals surface area contributed by atoms with E-state index in [0.29, 0.717) is 25.2 Å². The van der Waals surface area contributed by atoms with Crippen LogP contribution < -0.4 is 11.1 Å². The van der Waals surface area contributed by atoms with Gasteiger partial charge in [0.2, 0.25) is 5.91 Å². The molecule has 9 heteroatoms. The minimum atomic E-state index is -1.59. The van der Waals surface area contributed by atoms with Gasteiger partial charge < -0.3 is 21.1 Å². The van der Waals surface area contributed by atoms with Crippen LogP contribution in [0.3, 0.4) is 0 Å². The number of nitrogens with one attached hydrogen (secondary N) is 1. The second-order valence-corrected chi connectivity index (χ2v) is 10.4. The lowest BCUT2D eigenvalue weighted by Gasteiger charge is -2.40. The summed E-state index contributed by atoms with van der Waals surface area (Å²) in [7, 11) is 0. The van der Waals surface area contributed by atoms with E-state index in [4.69, 9.17) is 12.2 Å². The van der Waals surface area contributed by atoms with Crippen molar-refractivity contribution >= 4 is 18.0 Å². The fourth-order valence-corrected chi connectivity index (χ4v) is 5.29. The molecule has 7 nitrogen and oxygen atoms in total. The Kier molecular flexibility index (Phi) is 11.3. The number of carbonyl (C=O) groups excluding carboxylic acids is 2. The van der Waals surface area contributed by atoms with Crippen molar-refractivity contribution in [3.63, 3.8) is 0 Å². The zero-order valence-electron chi connectivity index (χ0n) is 23.6. The maximum Gasteiger partial charge on any atom is 0.255 e. The highest BCUT2D eigenvalue weighted by molar-refractivity contribution is 6.13. The minimum Gasteiger partial charge on any atom is -0.391 e. The third-order valence-corrected chi connectivity index (χ3v) is 7.26. The van der Waals surface area contributed by atoms with Crippen molar-refractivity contribution in [2.75, 3.05) is 26.2 Å². The molecule has 1 aliphatic rings. The minimum absolute atomic E-state index is 0.0242. The van der Waals surface area contributed by atoms with Crippen LogP contribution in [0.15, 0.2) is 59.1 Å². The first kappa shape index (κ1) is 31.7. The summed E-state index contributed by atoms with van der Waals surface area (Å²) in [5.41, 5.74) is 6.43. The van der Waals surface area contributed by atoms with Crippen LogP contribution in [0, 0.1) is 35.3 Å². The molecule has 3 rings (SSSR count). The number of benzene rings is 2. The van der Waals surface area contributed by atoms with Crippen molar-refractivity contribution in [1.29, 1.82) is 0 Å². The molecule has 1 aliphatic heterocycles. The first-order chi connectivity index (χ1) is 19.6. The van der Waals surface area contributed by atoms with Crippen molar-refractivity contribution < 1.29 is 23.5 Å². The summed E-state index contributed by atoms with van der Waals surface area (Å²) >= 11 is 0. The smallest absolute Gasteiger partial charge is 0.255 e. The van der Waals surface area contributed by atoms with E-state index < -0.39 is 35.0 Å². The number of hydrogen-bond donors (Lipinski definition) is 3. The summed E-state index contributed by atoms with van der Waals surface area (Å²) in [6.07, 6.45) is 8.61. The topological polar surface area (TPSA) is 108 Å². The first-order valence-corrected chi connectivity index (χ1v) is 13.8. The predicted octanol–water partition coefficient (Wildman–Crippen LogP) is 3.39. The van der Waals surface area contributed by atoms with Gasteiger partial charge in [-0.25, -0.2) is 8.78 Å². The highest BCUT2D eigenvalue weighted by atomic mass is 19.1. The highest BCUT2D eigenvalue weighted by Gasteiger charge is 2.47. The number of primary amides is 1. The van der Waals surface area contributed by atoms with Crippen molar-refractivity contribution in [1.82, 2.24) is 10.2 Å². The zero-order valence-corrected chi connectivity index (χ0v) is 23.6. The number of aliphatic hydroxyl groups excluding tert-OH is 1. The Morgan fingerprint density at radius 3 is 2.44 bits per heavy atom. The predicted molar refractivity (Wildman–Crippen MR) is 156 cm³/mol. The number of aliphatic hydroxyl groups is 1. The number of nitrogens with zero attached hydrogens (tertiary/aromatic N) is 2. The van der Waals surface area contributed by atoms with Gasteiger partial charge in [0.1, 0.15) is 11.6 Å². The van der Waals surface area contributed by atoms with Crippen LogP contribution in [0.5, 0.6) is 0 Å². The van der Waals surface area contributed by atoms with E-state index >= 15 is 0 Å². The van der Waals surface area contributed by atoms with E-state index in [9.17, 15) is 23.5 Å². The molecular formula is C32H38F2N4O3. The van der Waals surface area contributed by atoms with Crippen LogP contribution in [0.2, 0.25) is 0 Å². The molecule has 0 spiro atoms. The Morgan fingerprint density at radius 1 is 1.15 bits per heavy atom. The summed E-state index contributed by atoms with van der Waals surface area (Å²) in [4.78, 5) is 32.7. The summed E-state index contributed by atoms with van der Waals surface area (Å²) in [5, 5.41) is 14.7. The molecule has 4 N–H and O–H groups in total.